The maximum absolute atomic E-state index is 11.9. The van der Waals surface area contributed by atoms with Gasteiger partial charge in [0.2, 0.25) is 11.9 Å². The molecule has 2 aromatic heterocycles. The molecule has 8 heteroatoms. The average Bonchev–Trinajstić information content (AvgIpc) is 3.14. The van der Waals surface area contributed by atoms with Crippen LogP contribution in [0.4, 0.5) is 5.95 Å². The Morgan fingerprint density at radius 1 is 1.33 bits per heavy atom. The summed E-state index contributed by atoms with van der Waals surface area (Å²) in [6.45, 7) is 3.01. The van der Waals surface area contributed by atoms with E-state index in [4.69, 9.17) is 11.6 Å². The Morgan fingerprint density at radius 3 is 2.96 bits per heavy atom. The highest BCUT2D eigenvalue weighted by Gasteiger charge is 2.07. The second kappa shape index (κ2) is 7.27. The number of hydrogen-bond acceptors (Lipinski definition) is 4. The summed E-state index contributed by atoms with van der Waals surface area (Å²) in [7, 11) is 0. The van der Waals surface area contributed by atoms with Gasteiger partial charge in [-0.2, -0.15) is 5.10 Å². The van der Waals surface area contributed by atoms with Crippen LogP contribution in [0.5, 0.6) is 0 Å². The molecule has 7 nitrogen and oxygen atoms in total. The van der Waals surface area contributed by atoms with Crippen LogP contribution in [0.15, 0.2) is 43.0 Å². The largest absolute Gasteiger partial charge is 0.293 e. The van der Waals surface area contributed by atoms with Crippen molar-refractivity contribution in [2.45, 2.75) is 26.4 Å². The minimum Gasteiger partial charge on any atom is -0.293 e. The molecule has 0 atom stereocenters. The summed E-state index contributed by atoms with van der Waals surface area (Å²) in [5.74, 6) is 0.141. The molecule has 24 heavy (non-hydrogen) atoms. The third-order valence-corrected chi connectivity index (χ3v) is 3.59. The normalized spacial score (nSPS) is 10.8. The lowest BCUT2D eigenvalue weighted by Gasteiger charge is -2.03. The van der Waals surface area contributed by atoms with Crippen LogP contribution in [0.2, 0.25) is 5.02 Å². The van der Waals surface area contributed by atoms with Crippen molar-refractivity contribution in [3.8, 4) is 0 Å². The molecule has 0 bridgehead atoms. The number of hydrogen-bond donors (Lipinski definition) is 1. The van der Waals surface area contributed by atoms with E-state index in [-0.39, 0.29) is 5.91 Å². The Morgan fingerprint density at radius 2 is 2.21 bits per heavy atom. The molecule has 0 aliphatic rings. The predicted octanol–water partition coefficient (Wildman–Crippen LogP) is 2.51. The van der Waals surface area contributed by atoms with E-state index < -0.39 is 0 Å². The second-order valence-electron chi connectivity index (χ2n) is 5.47. The Balaban J connectivity index is 1.52. The maximum Gasteiger partial charge on any atom is 0.248 e. The Labute approximate surface area is 144 Å². The predicted molar refractivity (Wildman–Crippen MR) is 90.8 cm³/mol. The monoisotopic (exact) mass is 344 g/mol. The lowest BCUT2D eigenvalue weighted by molar-refractivity contribution is -0.116. The van der Waals surface area contributed by atoms with Crippen LogP contribution >= 0.6 is 11.6 Å². The molecule has 0 spiro atoms. The molecular weight excluding hydrogens is 328 g/mol. The molecule has 0 radical (unpaired) electrons. The van der Waals surface area contributed by atoms with Crippen LogP contribution in [0.3, 0.4) is 0 Å². The smallest absolute Gasteiger partial charge is 0.248 e. The zero-order chi connectivity index (χ0) is 16.9. The number of halogens is 1. The van der Waals surface area contributed by atoms with Crippen LogP contribution in [0.1, 0.15) is 17.5 Å². The van der Waals surface area contributed by atoms with E-state index in [2.05, 4.69) is 20.5 Å². The summed E-state index contributed by atoms with van der Waals surface area (Å²) in [5, 5.41) is 11.7. The molecule has 1 amide bonds. The molecule has 1 aromatic carbocycles. The van der Waals surface area contributed by atoms with Crippen molar-refractivity contribution in [1.82, 2.24) is 24.5 Å². The highest BCUT2D eigenvalue weighted by Crippen LogP contribution is 2.12. The summed E-state index contributed by atoms with van der Waals surface area (Å²) in [5.41, 5.74) is 2.08. The van der Waals surface area contributed by atoms with Gasteiger partial charge in [0.15, 0.2) is 0 Å². The van der Waals surface area contributed by atoms with Gasteiger partial charge in [0.25, 0.3) is 0 Å². The van der Waals surface area contributed by atoms with Crippen molar-refractivity contribution in [2.24, 2.45) is 0 Å². The number of benzene rings is 1. The van der Waals surface area contributed by atoms with Crippen molar-refractivity contribution in [3.05, 3.63) is 59.1 Å². The fraction of sp³-hybridized carbons (Fsp3) is 0.250. The van der Waals surface area contributed by atoms with Gasteiger partial charge in [0.05, 0.1) is 12.7 Å². The van der Waals surface area contributed by atoms with Gasteiger partial charge in [-0.1, -0.05) is 23.7 Å². The molecule has 1 N–H and O–H groups in total. The number of anilines is 1. The molecule has 2 heterocycles. The first-order valence-electron chi connectivity index (χ1n) is 7.51. The van der Waals surface area contributed by atoms with E-state index in [0.29, 0.717) is 30.5 Å². The molecule has 124 valence electrons. The fourth-order valence-electron chi connectivity index (χ4n) is 2.24. The average molecular weight is 345 g/mol. The van der Waals surface area contributed by atoms with E-state index in [1.807, 2.05) is 37.4 Å². The highest BCUT2D eigenvalue weighted by atomic mass is 35.5. The van der Waals surface area contributed by atoms with E-state index in [9.17, 15) is 4.79 Å². The van der Waals surface area contributed by atoms with Crippen molar-refractivity contribution >= 4 is 23.5 Å². The number of carbonyl (C=O) groups is 1. The number of nitrogens with zero attached hydrogens (tertiary/aromatic N) is 5. The van der Waals surface area contributed by atoms with Crippen LogP contribution in [0.25, 0.3) is 0 Å². The summed E-state index contributed by atoms with van der Waals surface area (Å²) >= 11 is 5.96. The molecular formula is C16H17ClN6O. The van der Waals surface area contributed by atoms with Crippen LogP contribution < -0.4 is 5.32 Å². The Kier molecular flexibility index (Phi) is 4.90. The van der Waals surface area contributed by atoms with Crippen LogP contribution in [0, 0.1) is 6.92 Å². The van der Waals surface area contributed by atoms with E-state index >= 15 is 0 Å². The molecule has 3 rings (SSSR count). The minimum atomic E-state index is -0.149. The zero-order valence-corrected chi connectivity index (χ0v) is 13.9. The van der Waals surface area contributed by atoms with Crippen molar-refractivity contribution < 1.29 is 4.79 Å². The first kappa shape index (κ1) is 16.2. The number of carbonyl (C=O) groups excluding carboxylic acids is 1. The van der Waals surface area contributed by atoms with Gasteiger partial charge < -0.3 is 0 Å². The maximum atomic E-state index is 11.9. The van der Waals surface area contributed by atoms with Gasteiger partial charge in [-0.05, 0) is 30.2 Å². The third-order valence-electron chi connectivity index (χ3n) is 3.35. The topological polar surface area (TPSA) is 77.6 Å². The van der Waals surface area contributed by atoms with Gasteiger partial charge in [-0.3, -0.25) is 14.8 Å². The number of amides is 1. The lowest BCUT2D eigenvalue weighted by atomic mass is 10.2. The summed E-state index contributed by atoms with van der Waals surface area (Å²) in [6.07, 6.45) is 5.54. The first-order chi connectivity index (χ1) is 11.6. The third kappa shape index (κ3) is 4.42. The number of rotatable bonds is 6. The van der Waals surface area contributed by atoms with Crippen LogP contribution in [-0.4, -0.2) is 30.5 Å². The quantitative estimate of drug-likeness (QED) is 0.745. The van der Waals surface area contributed by atoms with Gasteiger partial charge in [0.1, 0.15) is 6.33 Å². The molecule has 0 fully saturated rings. The van der Waals surface area contributed by atoms with Crippen molar-refractivity contribution in [1.29, 1.82) is 0 Å². The highest BCUT2D eigenvalue weighted by molar-refractivity contribution is 6.30. The fourth-order valence-corrected chi connectivity index (χ4v) is 2.46. The zero-order valence-electron chi connectivity index (χ0n) is 13.2. The molecule has 0 aliphatic carbocycles. The Bertz CT molecular complexity index is 840. The minimum absolute atomic E-state index is 0.149. The van der Waals surface area contributed by atoms with E-state index in [1.165, 1.54) is 0 Å². The molecule has 0 aliphatic heterocycles. The summed E-state index contributed by atoms with van der Waals surface area (Å²) in [4.78, 5) is 16.0. The number of aromatic nitrogens is 5. The molecule has 0 unspecified atom stereocenters. The van der Waals surface area contributed by atoms with Crippen molar-refractivity contribution in [3.63, 3.8) is 0 Å². The molecule has 3 aromatic rings. The van der Waals surface area contributed by atoms with Gasteiger partial charge in [0, 0.05) is 24.2 Å². The van der Waals surface area contributed by atoms with Gasteiger partial charge in [-0.25, -0.2) is 9.67 Å². The lowest BCUT2D eigenvalue weighted by Crippen LogP contribution is -2.16. The van der Waals surface area contributed by atoms with E-state index in [1.54, 1.807) is 21.9 Å². The number of aryl methyl sites for hydroxylation is 2. The van der Waals surface area contributed by atoms with Gasteiger partial charge in [-0.15, -0.1) is 5.10 Å². The molecule has 0 saturated carbocycles. The van der Waals surface area contributed by atoms with Crippen LogP contribution in [-0.2, 0) is 17.9 Å². The van der Waals surface area contributed by atoms with Crippen molar-refractivity contribution in [2.75, 3.05) is 5.32 Å². The first-order valence-corrected chi connectivity index (χ1v) is 7.89. The standard InChI is InChI=1S/C16H17ClN6O/c1-12-8-19-22(9-12)6-5-15(24)20-16-18-11-23(21-16)10-13-3-2-4-14(17)7-13/h2-4,7-9,11H,5-6,10H2,1H3,(H,20,21,24). The summed E-state index contributed by atoms with van der Waals surface area (Å²) in [6, 6.07) is 7.53. The summed E-state index contributed by atoms with van der Waals surface area (Å²) < 4.78 is 3.39. The Hall–Kier alpha value is -2.67. The SMILES string of the molecule is Cc1cnn(CCC(=O)Nc2ncn(Cc3cccc(Cl)c3)n2)c1. The number of nitrogens with one attached hydrogen (secondary N) is 1. The second-order valence-corrected chi connectivity index (χ2v) is 5.91. The van der Waals surface area contributed by atoms with E-state index in [0.717, 1.165) is 11.1 Å². The molecule has 0 saturated heterocycles. The van der Waals surface area contributed by atoms with Gasteiger partial charge >= 0.3 is 0 Å².